The average molecular weight is 292 g/mol. The van der Waals surface area contributed by atoms with Gasteiger partial charge in [-0.25, -0.2) is 4.98 Å². The number of benzene rings is 1. The number of aromatic nitrogens is 3. The fraction of sp³-hybridized carbons (Fsp3) is 0.143. The second-order valence-electron chi connectivity index (χ2n) is 4.56. The molecule has 0 aliphatic rings. The molecule has 0 spiro atoms. The quantitative estimate of drug-likeness (QED) is 0.762. The summed E-state index contributed by atoms with van der Waals surface area (Å²) in [5.74, 6) is 0. The Morgan fingerprint density at radius 1 is 1.19 bits per heavy atom. The average Bonchev–Trinajstić information content (AvgIpc) is 2.91. The van der Waals surface area contributed by atoms with Crippen LogP contribution in [0.4, 0.5) is 13.2 Å². The zero-order chi connectivity index (χ0) is 15.0. The Labute approximate surface area is 117 Å². The highest BCUT2D eigenvalue weighted by molar-refractivity contribution is 5.94. The van der Waals surface area contributed by atoms with Crippen LogP contribution < -0.4 is 5.73 Å². The van der Waals surface area contributed by atoms with Gasteiger partial charge in [0.1, 0.15) is 0 Å². The van der Waals surface area contributed by atoms with Crippen molar-refractivity contribution in [3.8, 4) is 11.1 Å². The normalized spacial score (nSPS) is 12.0. The van der Waals surface area contributed by atoms with Gasteiger partial charge in [-0.1, -0.05) is 18.2 Å². The number of halogens is 3. The van der Waals surface area contributed by atoms with E-state index in [0.29, 0.717) is 17.7 Å². The summed E-state index contributed by atoms with van der Waals surface area (Å²) in [6.07, 6.45) is -3.09. The lowest BCUT2D eigenvalue weighted by Gasteiger charge is -2.08. The maximum atomic E-state index is 13.1. The van der Waals surface area contributed by atoms with Crippen LogP contribution >= 0.6 is 0 Å². The third-order valence-electron chi connectivity index (χ3n) is 3.20. The van der Waals surface area contributed by atoms with Gasteiger partial charge in [-0.05, 0) is 28.8 Å². The lowest BCUT2D eigenvalue weighted by Crippen LogP contribution is -2.06. The van der Waals surface area contributed by atoms with E-state index in [1.54, 1.807) is 24.3 Å². The fourth-order valence-corrected chi connectivity index (χ4v) is 2.26. The van der Waals surface area contributed by atoms with Crippen LogP contribution in [0.3, 0.4) is 0 Å². The molecule has 0 aliphatic heterocycles. The van der Waals surface area contributed by atoms with Gasteiger partial charge in [0.15, 0.2) is 11.3 Å². The van der Waals surface area contributed by atoms with Gasteiger partial charge >= 0.3 is 6.18 Å². The molecule has 108 valence electrons. The molecule has 0 radical (unpaired) electrons. The molecule has 0 unspecified atom stereocenters. The molecule has 2 heterocycles. The van der Waals surface area contributed by atoms with Crippen LogP contribution in [0, 0.1) is 0 Å². The topological polar surface area (TPSA) is 67.6 Å². The number of nitrogens with two attached hydrogens (primary N) is 1. The lowest BCUT2D eigenvalue weighted by molar-refractivity contribution is -0.139. The summed E-state index contributed by atoms with van der Waals surface area (Å²) >= 11 is 0. The zero-order valence-electron chi connectivity index (χ0n) is 10.8. The molecular formula is C14H11F3N4. The van der Waals surface area contributed by atoms with Crippen molar-refractivity contribution in [1.29, 1.82) is 0 Å². The summed E-state index contributed by atoms with van der Waals surface area (Å²) in [4.78, 5) is 3.90. The van der Waals surface area contributed by atoms with Gasteiger partial charge in [-0.3, -0.25) is 5.10 Å². The second kappa shape index (κ2) is 4.85. The molecule has 0 bridgehead atoms. The maximum Gasteiger partial charge on any atom is 0.435 e. The minimum atomic E-state index is -4.54. The maximum absolute atomic E-state index is 13.1. The summed E-state index contributed by atoms with van der Waals surface area (Å²) in [6, 6.07) is 8.63. The molecule has 21 heavy (non-hydrogen) atoms. The van der Waals surface area contributed by atoms with Crippen molar-refractivity contribution in [1.82, 2.24) is 15.2 Å². The highest BCUT2D eigenvalue weighted by Crippen LogP contribution is 2.37. The Morgan fingerprint density at radius 2 is 2.00 bits per heavy atom. The van der Waals surface area contributed by atoms with Crippen LogP contribution in [0.25, 0.3) is 22.2 Å². The largest absolute Gasteiger partial charge is 0.435 e. The number of alkyl halides is 3. The third kappa shape index (κ3) is 2.36. The van der Waals surface area contributed by atoms with E-state index >= 15 is 0 Å². The van der Waals surface area contributed by atoms with Crippen LogP contribution in [0.2, 0.25) is 0 Å². The van der Waals surface area contributed by atoms with Gasteiger partial charge in [0, 0.05) is 12.7 Å². The van der Waals surface area contributed by atoms with Crippen molar-refractivity contribution in [2.24, 2.45) is 5.73 Å². The van der Waals surface area contributed by atoms with E-state index in [4.69, 9.17) is 5.73 Å². The van der Waals surface area contributed by atoms with Gasteiger partial charge in [0.2, 0.25) is 0 Å². The van der Waals surface area contributed by atoms with E-state index in [1.807, 2.05) is 6.07 Å². The first-order valence-corrected chi connectivity index (χ1v) is 6.20. The highest BCUT2D eigenvalue weighted by Gasteiger charge is 2.37. The molecule has 0 atom stereocenters. The number of fused-ring (bicyclic) bond motifs is 1. The van der Waals surface area contributed by atoms with Crippen LogP contribution in [0.15, 0.2) is 36.5 Å². The Hall–Kier alpha value is -2.41. The van der Waals surface area contributed by atoms with Crippen LogP contribution in [0.1, 0.15) is 11.3 Å². The van der Waals surface area contributed by atoms with Crippen molar-refractivity contribution < 1.29 is 13.2 Å². The number of H-pyrrole nitrogens is 1. The molecule has 3 aromatic rings. The van der Waals surface area contributed by atoms with Crippen LogP contribution in [-0.4, -0.2) is 15.2 Å². The third-order valence-corrected chi connectivity index (χ3v) is 3.20. The minimum absolute atomic E-state index is 0.0285. The number of aromatic amines is 1. The van der Waals surface area contributed by atoms with Crippen molar-refractivity contribution in [3.05, 3.63) is 47.8 Å². The van der Waals surface area contributed by atoms with E-state index in [1.165, 1.54) is 6.20 Å². The monoisotopic (exact) mass is 292 g/mol. The van der Waals surface area contributed by atoms with E-state index in [9.17, 15) is 13.2 Å². The minimum Gasteiger partial charge on any atom is -0.326 e. The molecule has 0 amide bonds. The zero-order valence-corrected chi connectivity index (χ0v) is 10.8. The Kier molecular flexibility index (Phi) is 3.13. The van der Waals surface area contributed by atoms with E-state index in [-0.39, 0.29) is 11.0 Å². The number of nitrogens with zero attached hydrogens (tertiary/aromatic N) is 2. The number of rotatable bonds is 2. The number of hydrogen-bond donors (Lipinski definition) is 2. The van der Waals surface area contributed by atoms with E-state index in [2.05, 4.69) is 15.2 Å². The smallest absolute Gasteiger partial charge is 0.326 e. The number of pyridine rings is 1. The van der Waals surface area contributed by atoms with Crippen molar-refractivity contribution in [2.75, 3.05) is 0 Å². The van der Waals surface area contributed by atoms with Crippen LogP contribution in [0.5, 0.6) is 0 Å². The van der Waals surface area contributed by atoms with E-state index in [0.717, 1.165) is 5.56 Å². The summed E-state index contributed by atoms with van der Waals surface area (Å²) in [5.41, 5.74) is 6.65. The highest BCUT2D eigenvalue weighted by atomic mass is 19.4. The van der Waals surface area contributed by atoms with Crippen molar-refractivity contribution in [3.63, 3.8) is 0 Å². The molecule has 3 rings (SSSR count). The molecule has 0 saturated carbocycles. The molecule has 0 fully saturated rings. The summed E-state index contributed by atoms with van der Waals surface area (Å²) in [5, 5.41) is 5.66. The summed E-state index contributed by atoms with van der Waals surface area (Å²) in [7, 11) is 0. The fourth-order valence-electron chi connectivity index (χ4n) is 2.26. The summed E-state index contributed by atoms with van der Waals surface area (Å²) < 4.78 is 39.2. The second-order valence-corrected chi connectivity index (χ2v) is 4.56. The molecule has 2 aromatic heterocycles. The first-order chi connectivity index (χ1) is 10.0. The van der Waals surface area contributed by atoms with Gasteiger partial charge < -0.3 is 5.73 Å². The van der Waals surface area contributed by atoms with Gasteiger partial charge in [0.05, 0.1) is 5.39 Å². The standard InChI is InChI=1S/C14H11F3N4/c15-14(16,17)12-11-10(4-5-19-13(11)21-20-12)9-3-1-2-8(6-9)7-18/h1-6H,7,18H2,(H,19,20,21). The Bertz CT molecular complexity index is 792. The SMILES string of the molecule is NCc1cccc(-c2ccnc3[nH]nc(C(F)(F)F)c23)c1. The van der Waals surface area contributed by atoms with Gasteiger partial charge in [-0.15, -0.1) is 0 Å². The molecular weight excluding hydrogens is 281 g/mol. The summed E-state index contributed by atoms with van der Waals surface area (Å²) in [6.45, 7) is 0.319. The Balaban J connectivity index is 2.29. The predicted molar refractivity (Wildman–Crippen MR) is 72.2 cm³/mol. The van der Waals surface area contributed by atoms with Crippen LogP contribution in [-0.2, 0) is 12.7 Å². The number of hydrogen-bond acceptors (Lipinski definition) is 3. The molecule has 3 N–H and O–H groups in total. The molecule has 1 aromatic carbocycles. The van der Waals surface area contributed by atoms with Gasteiger partial charge in [-0.2, -0.15) is 18.3 Å². The van der Waals surface area contributed by atoms with Crippen molar-refractivity contribution in [2.45, 2.75) is 12.7 Å². The molecule has 0 aliphatic carbocycles. The number of nitrogens with one attached hydrogen (secondary N) is 1. The molecule has 7 heteroatoms. The molecule has 4 nitrogen and oxygen atoms in total. The lowest BCUT2D eigenvalue weighted by atomic mass is 10.00. The first-order valence-electron chi connectivity index (χ1n) is 6.20. The van der Waals surface area contributed by atoms with E-state index < -0.39 is 11.9 Å². The predicted octanol–water partition coefficient (Wildman–Crippen LogP) is 3.10. The van der Waals surface area contributed by atoms with Gasteiger partial charge in [0.25, 0.3) is 0 Å². The molecule has 0 saturated heterocycles. The first kappa shape index (κ1) is 13.6. The Morgan fingerprint density at radius 3 is 2.71 bits per heavy atom. The van der Waals surface area contributed by atoms with Crippen molar-refractivity contribution >= 4 is 11.0 Å².